The minimum Gasteiger partial charge on any atom is -0.302 e. The van der Waals surface area contributed by atoms with Gasteiger partial charge in [0.05, 0.1) is 0 Å². The molecule has 1 rings (SSSR count). The second-order valence-corrected chi connectivity index (χ2v) is 4.41. The van der Waals surface area contributed by atoms with Crippen molar-refractivity contribution in [2.75, 3.05) is 32.1 Å². The Bertz CT molecular complexity index is 213. The van der Waals surface area contributed by atoms with Crippen LogP contribution in [0.25, 0.3) is 0 Å². The van der Waals surface area contributed by atoms with Gasteiger partial charge in [-0.2, -0.15) is 11.8 Å². The van der Waals surface area contributed by atoms with Gasteiger partial charge < -0.3 is 4.90 Å². The fourth-order valence-electron chi connectivity index (χ4n) is 1.45. The van der Waals surface area contributed by atoms with Crippen LogP contribution in [0.5, 0.6) is 0 Å². The molecule has 74 valence electrons. The SMILES string of the molecule is CSCCC(=O)C1=CCCN(C)C1. The number of hydrogen-bond donors (Lipinski definition) is 0. The van der Waals surface area contributed by atoms with Crippen LogP contribution in [0.1, 0.15) is 12.8 Å². The van der Waals surface area contributed by atoms with Crippen LogP contribution in [0.3, 0.4) is 0 Å². The summed E-state index contributed by atoms with van der Waals surface area (Å²) >= 11 is 1.73. The normalized spacial score (nSPS) is 18.5. The Labute approximate surface area is 84.4 Å². The van der Waals surface area contributed by atoms with E-state index in [-0.39, 0.29) is 0 Å². The molecule has 3 heteroatoms. The summed E-state index contributed by atoms with van der Waals surface area (Å²) < 4.78 is 0. The van der Waals surface area contributed by atoms with Crippen molar-refractivity contribution in [3.05, 3.63) is 11.6 Å². The van der Waals surface area contributed by atoms with Gasteiger partial charge in [-0.3, -0.25) is 4.79 Å². The van der Waals surface area contributed by atoms with E-state index in [2.05, 4.69) is 18.0 Å². The van der Waals surface area contributed by atoms with Crippen LogP contribution in [-0.4, -0.2) is 42.8 Å². The lowest BCUT2D eigenvalue weighted by atomic mass is 10.0. The van der Waals surface area contributed by atoms with E-state index in [4.69, 9.17) is 0 Å². The molecule has 0 radical (unpaired) electrons. The van der Waals surface area contributed by atoms with Crippen molar-refractivity contribution in [3.8, 4) is 0 Å². The Balaban J connectivity index is 2.41. The van der Waals surface area contributed by atoms with Crippen LogP contribution in [0.15, 0.2) is 11.6 Å². The van der Waals surface area contributed by atoms with E-state index in [1.165, 1.54) is 0 Å². The third-order valence-corrected chi connectivity index (χ3v) is 2.85. The molecule has 2 nitrogen and oxygen atoms in total. The predicted octanol–water partition coefficient (Wildman–Crippen LogP) is 1.57. The minimum atomic E-state index is 0.334. The van der Waals surface area contributed by atoms with E-state index in [0.29, 0.717) is 12.2 Å². The van der Waals surface area contributed by atoms with Gasteiger partial charge in [-0.15, -0.1) is 0 Å². The summed E-state index contributed by atoms with van der Waals surface area (Å²) in [7, 11) is 2.06. The van der Waals surface area contributed by atoms with Gasteiger partial charge in [0, 0.05) is 30.8 Å². The number of thioether (sulfide) groups is 1. The van der Waals surface area contributed by atoms with Gasteiger partial charge in [0.25, 0.3) is 0 Å². The average Bonchev–Trinajstić information content (AvgIpc) is 2.14. The first-order valence-corrected chi connectivity index (χ1v) is 6.03. The lowest BCUT2D eigenvalue weighted by molar-refractivity contribution is -0.115. The molecule has 0 saturated heterocycles. The molecule has 0 atom stereocenters. The molecule has 0 aromatic carbocycles. The Morgan fingerprint density at radius 1 is 1.69 bits per heavy atom. The van der Waals surface area contributed by atoms with Gasteiger partial charge in [-0.25, -0.2) is 0 Å². The molecule has 0 bridgehead atoms. The number of likely N-dealkylation sites (N-methyl/N-ethyl adjacent to an activating group) is 1. The van der Waals surface area contributed by atoms with Crippen molar-refractivity contribution < 1.29 is 4.79 Å². The highest BCUT2D eigenvalue weighted by molar-refractivity contribution is 7.98. The molecule has 0 unspecified atom stereocenters. The minimum absolute atomic E-state index is 0.334. The molecule has 0 N–H and O–H groups in total. The highest BCUT2D eigenvalue weighted by Crippen LogP contribution is 2.11. The number of carbonyl (C=O) groups excluding carboxylic acids is 1. The second-order valence-electron chi connectivity index (χ2n) is 3.42. The predicted molar refractivity (Wildman–Crippen MR) is 58.2 cm³/mol. The van der Waals surface area contributed by atoms with Crippen LogP contribution in [0.4, 0.5) is 0 Å². The summed E-state index contributed by atoms with van der Waals surface area (Å²) in [5, 5.41) is 0. The summed E-state index contributed by atoms with van der Waals surface area (Å²) in [6.45, 7) is 1.92. The van der Waals surface area contributed by atoms with Crippen LogP contribution < -0.4 is 0 Å². The molecule has 1 heterocycles. The third-order valence-electron chi connectivity index (χ3n) is 2.23. The van der Waals surface area contributed by atoms with Crippen LogP contribution in [-0.2, 0) is 4.79 Å². The number of rotatable bonds is 4. The second kappa shape index (κ2) is 5.45. The average molecular weight is 199 g/mol. The highest BCUT2D eigenvalue weighted by atomic mass is 32.2. The lowest BCUT2D eigenvalue weighted by Gasteiger charge is -2.21. The van der Waals surface area contributed by atoms with E-state index >= 15 is 0 Å². The van der Waals surface area contributed by atoms with E-state index in [9.17, 15) is 4.79 Å². The zero-order chi connectivity index (χ0) is 9.68. The Morgan fingerprint density at radius 2 is 2.46 bits per heavy atom. The van der Waals surface area contributed by atoms with Gasteiger partial charge in [0.15, 0.2) is 5.78 Å². The number of hydrogen-bond acceptors (Lipinski definition) is 3. The van der Waals surface area contributed by atoms with Gasteiger partial charge in [-0.1, -0.05) is 6.08 Å². The molecule has 0 aliphatic carbocycles. The molecule has 0 spiro atoms. The molecule has 0 aromatic rings. The number of carbonyl (C=O) groups is 1. The monoisotopic (exact) mass is 199 g/mol. The maximum absolute atomic E-state index is 11.6. The fourth-order valence-corrected chi connectivity index (χ4v) is 1.84. The summed E-state index contributed by atoms with van der Waals surface area (Å²) in [6, 6.07) is 0. The Kier molecular flexibility index (Phi) is 4.53. The topological polar surface area (TPSA) is 20.3 Å². The third kappa shape index (κ3) is 3.53. The Morgan fingerprint density at radius 3 is 3.08 bits per heavy atom. The van der Waals surface area contributed by atoms with Gasteiger partial charge in [0.1, 0.15) is 0 Å². The van der Waals surface area contributed by atoms with Crippen molar-refractivity contribution in [3.63, 3.8) is 0 Å². The highest BCUT2D eigenvalue weighted by Gasteiger charge is 2.14. The van der Waals surface area contributed by atoms with Gasteiger partial charge in [0.2, 0.25) is 0 Å². The molecular weight excluding hydrogens is 182 g/mol. The van der Waals surface area contributed by atoms with E-state index in [1.54, 1.807) is 11.8 Å². The first kappa shape index (κ1) is 10.8. The van der Waals surface area contributed by atoms with E-state index in [1.807, 2.05) is 6.26 Å². The quantitative estimate of drug-likeness (QED) is 0.685. The van der Waals surface area contributed by atoms with Crippen molar-refractivity contribution in [2.24, 2.45) is 0 Å². The van der Waals surface area contributed by atoms with E-state index < -0.39 is 0 Å². The Hall–Kier alpha value is -0.280. The smallest absolute Gasteiger partial charge is 0.160 e. The van der Waals surface area contributed by atoms with Crippen molar-refractivity contribution >= 4 is 17.5 Å². The maximum Gasteiger partial charge on any atom is 0.160 e. The summed E-state index contributed by atoms with van der Waals surface area (Å²) in [5.41, 5.74) is 1.02. The standard InChI is InChI=1S/C10H17NOS/c1-11-6-3-4-9(8-11)10(12)5-7-13-2/h4H,3,5-8H2,1-2H3. The van der Waals surface area contributed by atoms with Crippen molar-refractivity contribution in [2.45, 2.75) is 12.8 Å². The fraction of sp³-hybridized carbons (Fsp3) is 0.700. The molecule has 0 fully saturated rings. The van der Waals surface area contributed by atoms with Gasteiger partial charge >= 0.3 is 0 Å². The summed E-state index contributed by atoms with van der Waals surface area (Å²) in [4.78, 5) is 13.8. The van der Waals surface area contributed by atoms with Crippen LogP contribution in [0.2, 0.25) is 0 Å². The summed E-state index contributed by atoms with van der Waals surface area (Å²) in [5.74, 6) is 1.28. The maximum atomic E-state index is 11.6. The molecule has 0 saturated carbocycles. The molecule has 1 aliphatic rings. The van der Waals surface area contributed by atoms with Crippen molar-refractivity contribution in [1.29, 1.82) is 0 Å². The van der Waals surface area contributed by atoms with E-state index in [0.717, 1.165) is 30.8 Å². The lowest BCUT2D eigenvalue weighted by Crippen LogP contribution is -2.28. The molecule has 13 heavy (non-hydrogen) atoms. The first-order chi connectivity index (χ1) is 6.24. The number of ketones is 1. The molecule has 1 aliphatic heterocycles. The molecule has 0 amide bonds. The summed E-state index contributed by atoms with van der Waals surface area (Å²) in [6.07, 6.45) is 5.86. The largest absolute Gasteiger partial charge is 0.302 e. The van der Waals surface area contributed by atoms with Crippen LogP contribution >= 0.6 is 11.8 Å². The molecular formula is C10H17NOS. The molecule has 0 aromatic heterocycles. The van der Waals surface area contributed by atoms with Crippen molar-refractivity contribution in [1.82, 2.24) is 4.90 Å². The van der Waals surface area contributed by atoms with Gasteiger partial charge in [-0.05, 0) is 19.7 Å². The zero-order valence-corrected chi connectivity index (χ0v) is 9.19. The van der Waals surface area contributed by atoms with Crippen LogP contribution in [0, 0.1) is 0 Å². The first-order valence-electron chi connectivity index (χ1n) is 4.63. The number of nitrogens with zero attached hydrogens (tertiary/aromatic N) is 1. The number of Topliss-reactive ketones (excluding diaryl/α,β-unsaturated/α-hetero) is 1. The zero-order valence-electron chi connectivity index (χ0n) is 8.38.